The summed E-state index contributed by atoms with van der Waals surface area (Å²) in [5, 5.41) is 3.43. The second-order valence-electron chi connectivity index (χ2n) is 6.68. The lowest BCUT2D eigenvalue weighted by Crippen LogP contribution is -2.39. The lowest BCUT2D eigenvalue weighted by atomic mass is 10.2. The van der Waals surface area contributed by atoms with Crippen molar-refractivity contribution in [2.75, 3.05) is 38.6 Å². The monoisotopic (exact) mass is 343 g/mol. The molecule has 1 fully saturated rings. The number of allylic oxidation sites excluding steroid dienone is 1. The lowest BCUT2D eigenvalue weighted by molar-refractivity contribution is 0.455. The zero-order chi connectivity index (χ0) is 17.9. The van der Waals surface area contributed by atoms with E-state index in [0.29, 0.717) is 0 Å². The van der Waals surface area contributed by atoms with Crippen LogP contribution in [0.2, 0.25) is 0 Å². The number of nitrogens with one attached hydrogen (secondary N) is 1. The van der Waals surface area contributed by atoms with Crippen molar-refractivity contribution in [1.82, 2.24) is 15.2 Å². The molecular formula is C20H33N5. The van der Waals surface area contributed by atoms with Crippen LogP contribution in [-0.4, -0.2) is 49.6 Å². The van der Waals surface area contributed by atoms with Gasteiger partial charge in [0.1, 0.15) is 5.82 Å². The van der Waals surface area contributed by atoms with Crippen LogP contribution in [0.5, 0.6) is 0 Å². The number of aliphatic imine (C=N–C) groups is 1. The molecule has 0 aromatic carbocycles. The molecule has 0 saturated carbocycles. The molecule has 25 heavy (non-hydrogen) atoms. The van der Waals surface area contributed by atoms with Gasteiger partial charge in [-0.25, -0.2) is 4.98 Å². The summed E-state index contributed by atoms with van der Waals surface area (Å²) in [6.07, 6.45) is 11.3. The van der Waals surface area contributed by atoms with Crippen molar-refractivity contribution < 1.29 is 0 Å². The number of hydrogen-bond donors (Lipinski definition) is 1. The number of anilines is 1. The van der Waals surface area contributed by atoms with Crippen LogP contribution in [0.3, 0.4) is 0 Å². The Morgan fingerprint density at radius 1 is 1.32 bits per heavy atom. The van der Waals surface area contributed by atoms with E-state index < -0.39 is 0 Å². The molecule has 1 aliphatic rings. The highest BCUT2D eigenvalue weighted by atomic mass is 15.3. The van der Waals surface area contributed by atoms with Crippen molar-refractivity contribution in [3.8, 4) is 0 Å². The maximum Gasteiger partial charge on any atom is 0.193 e. The van der Waals surface area contributed by atoms with E-state index in [1.807, 2.05) is 19.3 Å². The van der Waals surface area contributed by atoms with Crippen LogP contribution in [0, 0.1) is 0 Å². The fourth-order valence-corrected chi connectivity index (χ4v) is 3.14. The molecule has 2 rings (SSSR count). The fourth-order valence-electron chi connectivity index (χ4n) is 3.14. The smallest absolute Gasteiger partial charge is 0.193 e. The average molecular weight is 344 g/mol. The van der Waals surface area contributed by atoms with Gasteiger partial charge in [-0.15, -0.1) is 6.58 Å². The third kappa shape index (κ3) is 6.40. The van der Waals surface area contributed by atoms with Gasteiger partial charge in [0.2, 0.25) is 0 Å². The zero-order valence-corrected chi connectivity index (χ0v) is 15.9. The predicted molar refractivity (Wildman–Crippen MR) is 107 cm³/mol. The Balaban J connectivity index is 1.74. The highest BCUT2D eigenvalue weighted by Gasteiger charge is 2.13. The van der Waals surface area contributed by atoms with Crippen molar-refractivity contribution in [2.45, 2.75) is 45.1 Å². The van der Waals surface area contributed by atoms with Gasteiger partial charge in [0, 0.05) is 46.5 Å². The third-order valence-electron chi connectivity index (χ3n) is 4.66. The van der Waals surface area contributed by atoms with Gasteiger partial charge in [0.25, 0.3) is 0 Å². The molecule has 1 aromatic heterocycles. The molecule has 0 atom stereocenters. The van der Waals surface area contributed by atoms with Crippen LogP contribution in [0.1, 0.15) is 44.1 Å². The van der Waals surface area contributed by atoms with E-state index in [1.54, 1.807) is 0 Å². The van der Waals surface area contributed by atoms with Crippen LogP contribution >= 0.6 is 0 Å². The molecule has 0 amide bonds. The van der Waals surface area contributed by atoms with Gasteiger partial charge in [0.15, 0.2) is 5.96 Å². The molecule has 1 N–H and O–H groups in total. The van der Waals surface area contributed by atoms with E-state index >= 15 is 0 Å². The number of unbranched alkanes of at least 4 members (excludes halogenated alkanes) is 3. The van der Waals surface area contributed by atoms with Gasteiger partial charge in [-0.3, -0.25) is 4.99 Å². The first kappa shape index (κ1) is 19.3. The molecule has 5 nitrogen and oxygen atoms in total. The first-order chi connectivity index (χ1) is 12.2. The Morgan fingerprint density at radius 3 is 2.76 bits per heavy atom. The molecule has 5 heteroatoms. The molecule has 1 aliphatic heterocycles. The maximum atomic E-state index is 4.61. The first-order valence-corrected chi connectivity index (χ1v) is 9.47. The Morgan fingerprint density at radius 2 is 2.12 bits per heavy atom. The quantitative estimate of drug-likeness (QED) is 0.323. The third-order valence-corrected chi connectivity index (χ3v) is 4.66. The van der Waals surface area contributed by atoms with Gasteiger partial charge in [-0.1, -0.05) is 18.6 Å². The summed E-state index contributed by atoms with van der Waals surface area (Å²) in [5.41, 5.74) is 1.18. The largest absolute Gasteiger partial charge is 0.357 e. The van der Waals surface area contributed by atoms with Crippen molar-refractivity contribution in [2.24, 2.45) is 4.99 Å². The Hall–Kier alpha value is -2.04. The highest BCUT2D eigenvalue weighted by Crippen LogP contribution is 2.17. The minimum Gasteiger partial charge on any atom is -0.357 e. The summed E-state index contributed by atoms with van der Waals surface area (Å²) in [4.78, 5) is 13.5. The summed E-state index contributed by atoms with van der Waals surface area (Å²) >= 11 is 0. The topological polar surface area (TPSA) is 43.8 Å². The fraction of sp³-hybridized carbons (Fsp3) is 0.600. The number of aromatic nitrogens is 1. The Kier molecular flexibility index (Phi) is 8.29. The lowest BCUT2D eigenvalue weighted by Gasteiger charge is -2.22. The predicted octanol–water partition coefficient (Wildman–Crippen LogP) is 3.44. The molecule has 1 aromatic rings. The normalized spacial score (nSPS) is 14.6. The highest BCUT2D eigenvalue weighted by molar-refractivity contribution is 5.79. The second kappa shape index (κ2) is 10.7. The van der Waals surface area contributed by atoms with E-state index in [9.17, 15) is 0 Å². The molecule has 0 spiro atoms. The first-order valence-electron chi connectivity index (χ1n) is 9.47. The second-order valence-corrected chi connectivity index (χ2v) is 6.68. The molecule has 0 bridgehead atoms. The van der Waals surface area contributed by atoms with Gasteiger partial charge < -0.3 is 15.1 Å². The van der Waals surface area contributed by atoms with Gasteiger partial charge in [-0.2, -0.15) is 0 Å². The molecule has 0 aliphatic carbocycles. The van der Waals surface area contributed by atoms with E-state index in [4.69, 9.17) is 0 Å². The van der Waals surface area contributed by atoms with E-state index in [1.165, 1.54) is 37.7 Å². The van der Waals surface area contributed by atoms with Gasteiger partial charge >= 0.3 is 0 Å². The van der Waals surface area contributed by atoms with Crippen molar-refractivity contribution in [3.63, 3.8) is 0 Å². The van der Waals surface area contributed by atoms with Crippen molar-refractivity contribution in [1.29, 1.82) is 0 Å². The van der Waals surface area contributed by atoms with E-state index in [0.717, 1.165) is 44.4 Å². The molecule has 0 unspecified atom stereocenters. The van der Waals surface area contributed by atoms with Crippen molar-refractivity contribution >= 4 is 11.8 Å². The molecular weight excluding hydrogens is 310 g/mol. The van der Waals surface area contributed by atoms with Crippen LogP contribution in [-0.2, 0) is 6.54 Å². The SMILES string of the molecule is C=CCCCCCN(C)C(=NC)NCc1ccc(N2CCCC2)nc1. The number of nitrogens with zero attached hydrogens (tertiary/aromatic N) is 4. The minimum atomic E-state index is 0.751. The Bertz CT molecular complexity index is 532. The van der Waals surface area contributed by atoms with Crippen LogP contribution < -0.4 is 10.2 Å². The minimum absolute atomic E-state index is 0.751. The number of hydrogen-bond acceptors (Lipinski definition) is 3. The molecule has 1 saturated heterocycles. The van der Waals surface area contributed by atoms with Crippen LogP contribution in [0.15, 0.2) is 36.0 Å². The molecule has 138 valence electrons. The van der Waals surface area contributed by atoms with E-state index in [2.05, 4.69) is 50.9 Å². The van der Waals surface area contributed by atoms with Gasteiger partial charge in [0.05, 0.1) is 0 Å². The number of pyridine rings is 1. The average Bonchev–Trinajstić information content (AvgIpc) is 3.17. The number of rotatable bonds is 9. The Labute approximate surface area is 152 Å². The van der Waals surface area contributed by atoms with Crippen molar-refractivity contribution in [3.05, 3.63) is 36.5 Å². The van der Waals surface area contributed by atoms with Crippen LogP contribution in [0.4, 0.5) is 5.82 Å². The van der Waals surface area contributed by atoms with E-state index in [-0.39, 0.29) is 0 Å². The standard InChI is InChI=1S/C20H33N5/c1-4-5-6-7-8-13-24(3)20(21-2)23-17-18-11-12-19(22-16-18)25-14-9-10-15-25/h4,11-12,16H,1,5-10,13-15,17H2,2-3H3,(H,21,23). The summed E-state index contributed by atoms with van der Waals surface area (Å²) in [7, 11) is 3.93. The molecule has 0 radical (unpaired) electrons. The zero-order valence-electron chi connectivity index (χ0n) is 15.9. The van der Waals surface area contributed by atoms with Gasteiger partial charge in [-0.05, 0) is 43.7 Å². The number of guanidine groups is 1. The summed E-state index contributed by atoms with van der Waals surface area (Å²) in [6, 6.07) is 4.30. The summed E-state index contributed by atoms with van der Waals surface area (Å²) in [6.45, 7) is 7.80. The van der Waals surface area contributed by atoms with Crippen LogP contribution in [0.25, 0.3) is 0 Å². The maximum absolute atomic E-state index is 4.61. The summed E-state index contributed by atoms with van der Waals surface area (Å²) in [5.74, 6) is 2.04. The summed E-state index contributed by atoms with van der Waals surface area (Å²) < 4.78 is 0. The molecule has 2 heterocycles.